The Morgan fingerprint density at radius 2 is 0.836 bits per heavy atom. The first-order valence-corrected chi connectivity index (χ1v) is 27.9. The van der Waals surface area contributed by atoms with Crippen molar-refractivity contribution in [3.05, 3.63) is 118 Å². The summed E-state index contributed by atoms with van der Waals surface area (Å²) in [4.78, 5) is 10.0. The van der Waals surface area contributed by atoms with Crippen molar-refractivity contribution in [3.8, 4) is 0 Å². The molecule has 0 saturated carbocycles. The van der Waals surface area contributed by atoms with E-state index in [1.807, 2.05) is 0 Å². The second-order valence-corrected chi connectivity index (χ2v) is 21.7. The number of thiazole rings is 2. The molecular formula is C62H69N3S2. The fourth-order valence-corrected chi connectivity index (χ4v) is 13.0. The molecule has 0 amide bonds. The van der Waals surface area contributed by atoms with Crippen molar-refractivity contribution in [3.63, 3.8) is 0 Å². The van der Waals surface area contributed by atoms with Crippen LogP contribution in [0, 0.1) is 5.92 Å². The minimum Gasteiger partial charge on any atom is -0.340 e. The van der Waals surface area contributed by atoms with Crippen molar-refractivity contribution >= 4 is 122 Å². The molecule has 0 aliphatic rings. The van der Waals surface area contributed by atoms with Crippen LogP contribution in [0.25, 0.3) is 98.9 Å². The quantitative estimate of drug-likeness (QED) is 0.0308. The molecule has 10 rings (SSSR count). The van der Waals surface area contributed by atoms with E-state index < -0.39 is 0 Å². The van der Waals surface area contributed by atoms with E-state index in [1.54, 1.807) is 22.7 Å². The minimum absolute atomic E-state index is 0.633. The van der Waals surface area contributed by atoms with Crippen LogP contribution in [0.3, 0.4) is 0 Å². The smallest absolute Gasteiger partial charge is 0.117 e. The molecule has 0 radical (unpaired) electrons. The highest BCUT2D eigenvalue weighted by atomic mass is 32.1. The average Bonchev–Trinajstić information content (AvgIpc) is 4.07. The van der Waals surface area contributed by atoms with E-state index in [-0.39, 0.29) is 0 Å². The van der Waals surface area contributed by atoms with Gasteiger partial charge in [0.25, 0.3) is 0 Å². The summed E-state index contributed by atoms with van der Waals surface area (Å²) >= 11 is 3.55. The molecule has 0 aliphatic heterocycles. The first-order chi connectivity index (χ1) is 33.2. The summed E-state index contributed by atoms with van der Waals surface area (Å²) in [6.07, 6.45) is 36.6. The molecule has 0 fully saturated rings. The highest BCUT2D eigenvalue weighted by Crippen LogP contribution is 2.49. The van der Waals surface area contributed by atoms with Crippen LogP contribution >= 0.6 is 22.7 Å². The molecule has 0 N–H and O–H groups in total. The van der Waals surface area contributed by atoms with E-state index in [4.69, 9.17) is 9.97 Å². The molecule has 3 aromatic heterocycles. The van der Waals surface area contributed by atoms with Crippen LogP contribution in [-0.4, -0.2) is 14.5 Å². The largest absolute Gasteiger partial charge is 0.340 e. The Morgan fingerprint density at radius 3 is 1.27 bits per heavy atom. The molecule has 0 aliphatic carbocycles. The van der Waals surface area contributed by atoms with Gasteiger partial charge in [-0.05, 0) is 100.0 Å². The number of fused-ring (bicyclic) bond motifs is 3. The number of nitrogens with zero attached hydrogens (tertiary/aromatic N) is 3. The van der Waals surface area contributed by atoms with Crippen molar-refractivity contribution in [2.75, 3.05) is 0 Å². The Balaban J connectivity index is 1.05. The lowest BCUT2D eigenvalue weighted by atomic mass is 9.87. The maximum atomic E-state index is 5.02. The van der Waals surface area contributed by atoms with Crippen LogP contribution in [0.5, 0.6) is 0 Å². The van der Waals surface area contributed by atoms with Crippen molar-refractivity contribution in [1.29, 1.82) is 0 Å². The van der Waals surface area contributed by atoms with Gasteiger partial charge in [-0.25, -0.2) is 9.97 Å². The van der Waals surface area contributed by atoms with Crippen LogP contribution < -0.4 is 0 Å². The Morgan fingerprint density at radius 1 is 0.433 bits per heavy atom. The van der Waals surface area contributed by atoms with Gasteiger partial charge in [-0.15, -0.1) is 22.7 Å². The van der Waals surface area contributed by atoms with Gasteiger partial charge in [-0.3, -0.25) is 0 Å². The second-order valence-electron chi connectivity index (χ2n) is 19.6. The summed E-state index contributed by atoms with van der Waals surface area (Å²) in [6.45, 7) is 5.69. The molecule has 3 nitrogen and oxygen atoms in total. The Hall–Kier alpha value is -5.10. The van der Waals surface area contributed by atoms with E-state index in [1.165, 1.54) is 203 Å². The molecule has 5 heteroatoms. The Bertz CT molecular complexity index is 2970. The summed E-state index contributed by atoms with van der Waals surface area (Å²) in [5.41, 5.74) is 7.45. The van der Waals surface area contributed by atoms with Gasteiger partial charge in [-0.1, -0.05) is 202 Å². The maximum Gasteiger partial charge on any atom is 0.117 e. The molecule has 0 saturated heterocycles. The van der Waals surface area contributed by atoms with Crippen LogP contribution in [0.4, 0.5) is 0 Å². The molecule has 0 bridgehead atoms. The monoisotopic (exact) mass is 919 g/mol. The first kappa shape index (κ1) is 45.7. The van der Waals surface area contributed by atoms with Gasteiger partial charge in [0.1, 0.15) is 10.0 Å². The molecule has 0 spiro atoms. The standard InChI is InChI=1S/C62H69N3S2/c1-3-5-7-9-11-13-14-16-18-20-28-44(27-19-17-15-12-10-8-6-4-2)43-65-53-41-45(37-39-57-63-51-33-21-23-35-55(51)66-57)47-29-25-31-49-50-32-26-30-48-46(42-54(65)62(60(48)50)61(53)59(47)49)38-40-58-64-52-34-22-24-36-56(52)67-58/h21-26,29-42,44H,3-20,27-28,43H2,1-2H3/b39-37+,40-38+. The molecule has 1 unspecified atom stereocenters. The zero-order valence-corrected chi connectivity index (χ0v) is 41.8. The third-order valence-corrected chi connectivity index (χ3v) is 16.8. The Kier molecular flexibility index (Phi) is 14.9. The number of rotatable bonds is 26. The number of para-hydroxylation sites is 2. The predicted octanol–water partition coefficient (Wildman–Crippen LogP) is 20.1. The molecule has 10 aromatic rings. The molecule has 344 valence electrons. The van der Waals surface area contributed by atoms with Crippen molar-refractivity contribution in [2.45, 2.75) is 149 Å². The van der Waals surface area contributed by atoms with E-state index in [0.29, 0.717) is 5.92 Å². The van der Waals surface area contributed by atoms with Gasteiger partial charge < -0.3 is 4.57 Å². The minimum atomic E-state index is 0.633. The number of aromatic nitrogens is 3. The normalized spacial score (nSPS) is 13.1. The Labute approximate surface area is 406 Å². The van der Waals surface area contributed by atoms with Gasteiger partial charge in [0.2, 0.25) is 0 Å². The average molecular weight is 920 g/mol. The summed E-state index contributed by atoms with van der Waals surface area (Å²) in [6, 6.07) is 36.1. The zero-order chi connectivity index (χ0) is 45.4. The van der Waals surface area contributed by atoms with E-state index in [9.17, 15) is 0 Å². The van der Waals surface area contributed by atoms with Crippen LogP contribution in [-0.2, 0) is 6.54 Å². The summed E-state index contributed by atoms with van der Waals surface area (Å²) in [7, 11) is 0. The molecule has 67 heavy (non-hydrogen) atoms. The number of hydrogen-bond donors (Lipinski definition) is 0. The van der Waals surface area contributed by atoms with Gasteiger partial charge in [0.15, 0.2) is 0 Å². The van der Waals surface area contributed by atoms with Crippen LogP contribution in [0.15, 0.2) is 97.1 Å². The van der Waals surface area contributed by atoms with Gasteiger partial charge in [0.05, 0.1) is 31.5 Å². The first-order valence-electron chi connectivity index (χ1n) is 26.2. The van der Waals surface area contributed by atoms with Gasteiger partial charge in [-0.2, -0.15) is 0 Å². The third kappa shape index (κ3) is 10.1. The lowest BCUT2D eigenvalue weighted by Crippen LogP contribution is -2.11. The van der Waals surface area contributed by atoms with Gasteiger partial charge in [0, 0.05) is 28.1 Å². The second kappa shape index (κ2) is 21.9. The molecule has 1 atom stereocenters. The molecular weight excluding hydrogens is 851 g/mol. The lowest BCUT2D eigenvalue weighted by Gasteiger charge is -2.20. The summed E-state index contributed by atoms with van der Waals surface area (Å²) in [5, 5.41) is 13.1. The van der Waals surface area contributed by atoms with Crippen LogP contribution in [0.2, 0.25) is 0 Å². The van der Waals surface area contributed by atoms with Crippen LogP contribution in [0.1, 0.15) is 163 Å². The van der Waals surface area contributed by atoms with Gasteiger partial charge >= 0.3 is 0 Å². The van der Waals surface area contributed by atoms with Crippen molar-refractivity contribution in [2.24, 2.45) is 5.92 Å². The van der Waals surface area contributed by atoms with E-state index in [2.05, 4.69) is 140 Å². The van der Waals surface area contributed by atoms with E-state index in [0.717, 1.165) is 27.6 Å². The topological polar surface area (TPSA) is 30.7 Å². The third-order valence-electron chi connectivity index (χ3n) is 14.8. The fourth-order valence-electron chi connectivity index (χ4n) is 11.3. The zero-order valence-electron chi connectivity index (χ0n) is 40.1. The SMILES string of the molecule is CCCCCCCCCCCCC(CCCCCCCCCC)Cn1c2cc(/C=C/c3nc4ccccc4s3)c3cccc4c5cccc6c(/C=C/c7nc8ccccc8s7)cc1c(c65)c2c34. The maximum absolute atomic E-state index is 5.02. The molecule has 7 aromatic carbocycles. The highest BCUT2D eigenvalue weighted by molar-refractivity contribution is 7.19. The summed E-state index contributed by atoms with van der Waals surface area (Å²) in [5.74, 6) is 0.633. The molecule has 3 heterocycles. The number of unbranched alkanes of at least 4 members (excludes halogenated alkanes) is 16. The predicted molar refractivity (Wildman–Crippen MR) is 299 cm³/mol. The van der Waals surface area contributed by atoms with Crippen molar-refractivity contribution < 1.29 is 0 Å². The van der Waals surface area contributed by atoms with Crippen molar-refractivity contribution in [1.82, 2.24) is 14.5 Å². The highest BCUT2D eigenvalue weighted by Gasteiger charge is 2.25. The van der Waals surface area contributed by atoms with E-state index >= 15 is 0 Å². The summed E-state index contributed by atoms with van der Waals surface area (Å²) < 4.78 is 5.26. The number of benzene rings is 7. The lowest BCUT2D eigenvalue weighted by molar-refractivity contribution is 0.364. The number of hydrogen-bond acceptors (Lipinski definition) is 4. The fraction of sp³-hybridized carbons (Fsp3) is 0.387.